The van der Waals surface area contributed by atoms with E-state index in [2.05, 4.69) is 10.6 Å². The van der Waals surface area contributed by atoms with Gasteiger partial charge in [-0.2, -0.15) is 0 Å². The lowest BCUT2D eigenvalue weighted by molar-refractivity contribution is -0.147. The molecule has 1 aromatic rings. The highest BCUT2D eigenvalue weighted by atomic mass is 16.4. The molecule has 0 saturated carbocycles. The van der Waals surface area contributed by atoms with Gasteiger partial charge in [0.15, 0.2) is 6.04 Å². The van der Waals surface area contributed by atoms with E-state index in [0.717, 1.165) is 0 Å². The lowest BCUT2D eigenvalue weighted by atomic mass is 10.0. The summed E-state index contributed by atoms with van der Waals surface area (Å²) < 4.78 is 0. The molecule has 9 N–H and O–H groups in total. The van der Waals surface area contributed by atoms with Gasteiger partial charge in [0.1, 0.15) is 17.8 Å². The van der Waals surface area contributed by atoms with Crippen LogP contribution >= 0.6 is 0 Å². The van der Waals surface area contributed by atoms with Crippen molar-refractivity contribution in [1.82, 2.24) is 15.5 Å². The number of rotatable bonds is 13. The third-order valence-electron chi connectivity index (χ3n) is 6.18. The second kappa shape index (κ2) is 13.8. The Kier molecular flexibility index (Phi) is 11.1. The summed E-state index contributed by atoms with van der Waals surface area (Å²) in [6.07, 6.45) is 1.34. The molecule has 0 radical (unpaired) electrons. The molecule has 1 heterocycles. The number of phenols is 1. The fraction of sp³-hybridized carbons (Fsp3) is 0.583. The highest BCUT2D eigenvalue weighted by Gasteiger charge is 2.39. The molecule has 5 unspecified atom stereocenters. The summed E-state index contributed by atoms with van der Waals surface area (Å²) in [6.45, 7) is 1.97. The largest absolute Gasteiger partial charge is 0.508 e. The number of likely N-dealkylation sites (tertiary alicyclic amines) is 1. The number of aliphatic hydroxyl groups is 1. The van der Waals surface area contributed by atoms with Crippen molar-refractivity contribution in [2.24, 2.45) is 11.5 Å². The van der Waals surface area contributed by atoms with Crippen LogP contribution < -0.4 is 22.1 Å². The topological polar surface area (TPSA) is 208 Å². The maximum absolute atomic E-state index is 13.6. The normalized spacial score (nSPS) is 18.7. The number of hydrogen-bond donors (Lipinski definition) is 7. The monoisotopic (exact) mass is 507 g/mol. The summed E-state index contributed by atoms with van der Waals surface area (Å²) in [5.41, 5.74) is 12.2. The fourth-order valence-corrected chi connectivity index (χ4v) is 4.13. The Morgan fingerprint density at radius 1 is 1.14 bits per heavy atom. The Bertz CT molecular complexity index is 909. The first kappa shape index (κ1) is 29.0. The minimum atomic E-state index is -1.52. The van der Waals surface area contributed by atoms with Crippen molar-refractivity contribution in [2.45, 2.75) is 75.7 Å². The van der Waals surface area contributed by atoms with Gasteiger partial charge in [-0.25, -0.2) is 4.79 Å². The molecule has 0 aliphatic carbocycles. The first-order valence-corrected chi connectivity index (χ1v) is 12.1. The van der Waals surface area contributed by atoms with Gasteiger partial charge in [0.05, 0.1) is 12.1 Å². The van der Waals surface area contributed by atoms with Crippen molar-refractivity contribution < 1.29 is 34.5 Å². The van der Waals surface area contributed by atoms with Gasteiger partial charge in [-0.05, 0) is 56.8 Å². The van der Waals surface area contributed by atoms with E-state index < -0.39 is 54.0 Å². The van der Waals surface area contributed by atoms with Crippen molar-refractivity contribution in [3.8, 4) is 5.75 Å². The Labute approximate surface area is 210 Å². The number of aliphatic hydroxyl groups excluding tert-OH is 1. The number of nitrogens with one attached hydrogen (secondary N) is 2. The number of nitrogens with zero attached hydrogens (tertiary/aromatic N) is 1. The average Bonchev–Trinajstić information content (AvgIpc) is 3.32. The second-order valence-electron chi connectivity index (χ2n) is 9.08. The molecule has 1 aliphatic rings. The lowest BCUT2D eigenvalue weighted by Crippen LogP contribution is -2.58. The number of amides is 3. The molecule has 200 valence electrons. The summed E-state index contributed by atoms with van der Waals surface area (Å²) in [6, 6.07) is 1.82. The van der Waals surface area contributed by atoms with Crippen molar-refractivity contribution >= 4 is 23.7 Å². The van der Waals surface area contributed by atoms with Crippen LogP contribution in [0.5, 0.6) is 5.75 Å². The molecule has 1 fully saturated rings. The van der Waals surface area contributed by atoms with Crippen LogP contribution in [0.1, 0.15) is 44.6 Å². The van der Waals surface area contributed by atoms with Crippen LogP contribution in [0.25, 0.3) is 0 Å². The molecule has 0 bridgehead atoms. The van der Waals surface area contributed by atoms with Crippen LogP contribution in [0.3, 0.4) is 0 Å². The van der Waals surface area contributed by atoms with Crippen molar-refractivity contribution in [3.05, 3.63) is 29.8 Å². The maximum atomic E-state index is 13.6. The van der Waals surface area contributed by atoms with Crippen LogP contribution in [0.4, 0.5) is 0 Å². The lowest BCUT2D eigenvalue weighted by Gasteiger charge is -2.30. The SMILES string of the molecule is CC(O)C(NC(=O)C1CCCN1C(=O)C(Cc1ccc(O)cc1)NC(=O)C(N)CCCCN)C(=O)O. The Morgan fingerprint density at radius 3 is 2.39 bits per heavy atom. The molecule has 1 aromatic carbocycles. The minimum absolute atomic E-state index is 0.0509. The van der Waals surface area contributed by atoms with Gasteiger partial charge in [-0.3, -0.25) is 14.4 Å². The van der Waals surface area contributed by atoms with Crippen LogP contribution in [-0.4, -0.2) is 87.3 Å². The molecule has 3 amide bonds. The Morgan fingerprint density at radius 2 is 1.81 bits per heavy atom. The van der Waals surface area contributed by atoms with Gasteiger partial charge >= 0.3 is 5.97 Å². The predicted molar refractivity (Wildman–Crippen MR) is 131 cm³/mol. The molecular weight excluding hydrogens is 470 g/mol. The molecule has 12 heteroatoms. The number of carbonyl (C=O) groups excluding carboxylic acids is 3. The molecule has 0 aromatic heterocycles. The number of phenolic OH excluding ortho intramolecular Hbond substituents is 1. The zero-order chi connectivity index (χ0) is 26.8. The average molecular weight is 508 g/mol. The van der Waals surface area contributed by atoms with E-state index in [1.165, 1.54) is 24.0 Å². The van der Waals surface area contributed by atoms with E-state index in [4.69, 9.17) is 11.5 Å². The number of aromatic hydroxyl groups is 1. The van der Waals surface area contributed by atoms with Gasteiger partial charge in [0.25, 0.3) is 0 Å². The molecule has 1 saturated heterocycles. The number of carbonyl (C=O) groups is 4. The van der Waals surface area contributed by atoms with E-state index in [1.54, 1.807) is 12.1 Å². The third kappa shape index (κ3) is 8.18. The van der Waals surface area contributed by atoms with E-state index in [-0.39, 0.29) is 18.7 Å². The van der Waals surface area contributed by atoms with Gasteiger partial charge in [-0.15, -0.1) is 0 Å². The number of carboxylic acids is 1. The first-order chi connectivity index (χ1) is 17.0. The number of hydrogen-bond acceptors (Lipinski definition) is 8. The predicted octanol–water partition coefficient (Wildman–Crippen LogP) is -1.18. The molecule has 36 heavy (non-hydrogen) atoms. The van der Waals surface area contributed by atoms with Gasteiger partial charge in [0.2, 0.25) is 17.7 Å². The quantitative estimate of drug-likeness (QED) is 0.160. The first-order valence-electron chi connectivity index (χ1n) is 12.1. The van der Waals surface area contributed by atoms with Gasteiger partial charge in [0, 0.05) is 13.0 Å². The summed E-state index contributed by atoms with van der Waals surface area (Å²) >= 11 is 0. The molecule has 2 rings (SSSR count). The number of carboxylic acid groups (broad SMARTS) is 1. The van der Waals surface area contributed by atoms with E-state index in [9.17, 15) is 34.5 Å². The smallest absolute Gasteiger partial charge is 0.328 e. The maximum Gasteiger partial charge on any atom is 0.328 e. The fourth-order valence-electron chi connectivity index (χ4n) is 4.13. The van der Waals surface area contributed by atoms with Crippen molar-refractivity contribution in [1.29, 1.82) is 0 Å². The summed E-state index contributed by atoms with van der Waals surface area (Å²) in [5.74, 6) is -3.05. The molecule has 0 spiro atoms. The molecule has 12 nitrogen and oxygen atoms in total. The second-order valence-corrected chi connectivity index (χ2v) is 9.08. The van der Waals surface area contributed by atoms with Crippen LogP contribution in [0.2, 0.25) is 0 Å². The summed E-state index contributed by atoms with van der Waals surface area (Å²) in [5, 5.41) is 33.5. The van der Waals surface area contributed by atoms with E-state index in [1.807, 2.05) is 0 Å². The van der Waals surface area contributed by atoms with Crippen LogP contribution in [0, 0.1) is 0 Å². The van der Waals surface area contributed by atoms with Crippen LogP contribution in [-0.2, 0) is 25.6 Å². The number of aliphatic carboxylic acids is 1. The summed E-state index contributed by atoms with van der Waals surface area (Å²) in [4.78, 5) is 51.9. The zero-order valence-electron chi connectivity index (χ0n) is 20.4. The van der Waals surface area contributed by atoms with E-state index >= 15 is 0 Å². The third-order valence-corrected chi connectivity index (χ3v) is 6.18. The van der Waals surface area contributed by atoms with Gasteiger partial charge < -0.3 is 42.3 Å². The Balaban J connectivity index is 2.20. The molecular formula is C24H37N5O7. The molecule has 1 aliphatic heterocycles. The number of nitrogens with two attached hydrogens (primary N) is 2. The van der Waals surface area contributed by atoms with Crippen molar-refractivity contribution in [3.63, 3.8) is 0 Å². The molecule has 5 atom stereocenters. The number of benzene rings is 1. The summed E-state index contributed by atoms with van der Waals surface area (Å²) in [7, 11) is 0. The standard InChI is InChI=1S/C24H37N5O7/c1-14(30)20(24(35)36)28-22(33)19-6-4-12-29(19)23(34)18(13-15-7-9-16(31)10-8-15)27-21(32)17(26)5-2-3-11-25/h7-10,14,17-20,30-31H,2-6,11-13,25-26H2,1H3,(H,27,32)(H,28,33)(H,35,36). The van der Waals surface area contributed by atoms with Gasteiger partial charge in [-0.1, -0.05) is 18.6 Å². The minimum Gasteiger partial charge on any atom is -0.508 e. The zero-order valence-corrected chi connectivity index (χ0v) is 20.4. The highest BCUT2D eigenvalue weighted by Crippen LogP contribution is 2.21. The number of unbranched alkanes of at least 4 members (excludes halogenated alkanes) is 1. The Hall–Kier alpha value is -3.22. The van der Waals surface area contributed by atoms with Crippen molar-refractivity contribution in [2.75, 3.05) is 13.1 Å². The van der Waals surface area contributed by atoms with E-state index in [0.29, 0.717) is 44.2 Å². The van der Waals surface area contributed by atoms with Crippen LogP contribution in [0.15, 0.2) is 24.3 Å². The highest BCUT2D eigenvalue weighted by molar-refractivity contribution is 5.94.